The molecule has 17 heavy (non-hydrogen) atoms. The maximum atomic E-state index is 11.8. The molecule has 2 rings (SSSR count). The van der Waals surface area contributed by atoms with E-state index in [0.29, 0.717) is 22.2 Å². The van der Waals surface area contributed by atoms with Crippen molar-refractivity contribution in [2.75, 3.05) is 11.9 Å². The highest BCUT2D eigenvalue weighted by Gasteiger charge is 2.18. The van der Waals surface area contributed by atoms with Crippen LogP contribution in [0.25, 0.3) is 0 Å². The van der Waals surface area contributed by atoms with Crippen molar-refractivity contribution in [3.63, 3.8) is 0 Å². The lowest BCUT2D eigenvalue weighted by Gasteiger charge is -2.11. The molecule has 3 nitrogen and oxygen atoms in total. The highest BCUT2D eigenvalue weighted by molar-refractivity contribution is 6.43. The van der Waals surface area contributed by atoms with E-state index in [1.807, 2.05) is 0 Å². The lowest BCUT2D eigenvalue weighted by atomic mass is 10.1. The summed E-state index contributed by atoms with van der Waals surface area (Å²) in [4.78, 5) is 11.8. The van der Waals surface area contributed by atoms with Crippen molar-refractivity contribution in [3.8, 4) is 0 Å². The first kappa shape index (κ1) is 12.7. The van der Waals surface area contributed by atoms with Crippen LogP contribution in [0.15, 0.2) is 18.2 Å². The fourth-order valence-corrected chi connectivity index (χ4v) is 2.30. The van der Waals surface area contributed by atoms with Gasteiger partial charge in [0, 0.05) is 12.5 Å². The molecule has 1 aromatic rings. The third kappa shape index (κ3) is 3.35. The van der Waals surface area contributed by atoms with Gasteiger partial charge in [0.2, 0.25) is 5.91 Å². The molecule has 0 aliphatic carbocycles. The second-order valence-corrected chi connectivity index (χ2v) is 4.93. The van der Waals surface area contributed by atoms with Crippen LogP contribution in [0.4, 0.5) is 5.69 Å². The van der Waals surface area contributed by atoms with Gasteiger partial charge in [0.15, 0.2) is 0 Å². The molecule has 1 atom stereocenters. The van der Waals surface area contributed by atoms with E-state index in [0.717, 1.165) is 19.4 Å². The highest BCUT2D eigenvalue weighted by atomic mass is 35.5. The number of halogens is 2. The predicted octanol–water partition coefficient (Wildman–Crippen LogP) is 3.07. The number of nitrogens with one attached hydrogen (secondary N) is 2. The van der Waals surface area contributed by atoms with Gasteiger partial charge in [0.1, 0.15) is 0 Å². The molecule has 0 bridgehead atoms. The minimum absolute atomic E-state index is 0.0337. The Morgan fingerprint density at radius 2 is 2.29 bits per heavy atom. The van der Waals surface area contributed by atoms with E-state index in [-0.39, 0.29) is 11.9 Å². The second kappa shape index (κ2) is 5.71. The van der Waals surface area contributed by atoms with Gasteiger partial charge in [-0.05, 0) is 31.5 Å². The molecule has 1 unspecified atom stereocenters. The summed E-state index contributed by atoms with van der Waals surface area (Å²) in [6, 6.07) is 5.48. The van der Waals surface area contributed by atoms with Crippen LogP contribution >= 0.6 is 23.2 Å². The first-order valence-electron chi connectivity index (χ1n) is 5.64. The molecule has 1 aliphatic rings. The molecule has 0 saturated carbocycles. The number of rotatable bonds is 3. The zero-order valence-electron chi connectivity index (χ0n) is 9.30. The molecule has 0 aromatic heterocycles. The SMILES string of the molecule is O=C(CC1CCCN1)Nc1cccc(Cl)c1Cl. The standard InChI is InChI=1S/C12H14Cl2N2O/c13-9-4-1-5-10(12(9)14)16-11(17)7-8-3-2-6-15-8/h1,4-5,8,15H,2-3,6-7H2,(H,16,17). The number of anilines is 1. The number of carbonyl (C=O) groups excluding carboxylic acids is 1. The zero-order chi connectivity index (χ0) is 12.3. The largest absolute Gasteiger partial charge is 0.325 e. The summed E-state index contributed by atoms with van der Waals surface area (Å²) in [6.07, 6.45) is 2.66. The van der Waals surface area contributed by atoms with E-state index in [4.69, 9.17) is 23.2 Å². The first-order chi connectivity index (χ1) is 8.16. The fraction of sp³-hybridized carbons (Fsp3) is 0.417. The highest BCUT2D eigenvalue weighted by Crippen LogP contribution is 2.29. The Balaban J connectivity index is 1.95. The van der Waals surface area contributed by atoms with Crippen molar-refractivity contribution in [3.05, 3.63) is 28.2 Å². The molecular formula is C12H14Cl2N2O. The van der Waals surface area contributed by atoms with Gasteiger partial charge in [-0.25, -0.2) is 0 Å². The van der Waals surface area contributed by atoms with Crippen molar-refractivity contribution in [1.82, 2.24) is 5.32 Å². The van der Waals surface area contributed by atoms with E-state index < -0.39 is 0 Å². The van der Waals surface area contributed by atoms with Crippen molar-refractivity contribution in [2.24, 2.45) is 0 Å². The van der Waals surface area contributed by atoms with Gasteiger partial charge in [0.05, 0.1) is 15.7 Å². The van der Waals surface area contributed by atoms with E-state index in [1.54, 1.807) is 18.2 Å². The third-order valence-electron chi connectivity index (χ3n) is 2.82. The normalized spacial score (nSPS) is 19.3. The minimum atomic E-state index is -0.0337. The molecule has 5 heteroatoms. The predicted molar refractivity (Wildman–Crippen MR) is 70.7 cm³/mol. The van der Waals surface area contributed by atoms with Crippen LogP contribution in [0.1, 0.15) is 19.3 Å². The number of amides is 1. The fourth-order valence-electron chi connectivity index (χ4n) is 1.96. The Morgan fingerprint density at radius 1 is 1.47 bits per heavy atom. The van der Waals surface area contributed by atoms with Crippen LogP contribution in [-0.2, 0) is 4.79 Å². The number of hydrogen-bond acceptors (Lipinski definition) is 2. The van der Waals surface area contributed by atoms with E-state index in [1.165, 1.54) is 0 Å². The minimum Gasteiger partial charge on any atom is -0.325 e. The van der Waals surface area contributed by atoms with Gasteiger partial charge in [-0.15, -0.1) is 0 Å². The smallest absolute Gasteiger partial charge is 0.225 e. The number of benzene rings is 1. The van der Waals surface area contributed by atoms with Crippen molar-refractivity contribution in [2.45, 2.75) is 25.3 Å². The van der Waals surface area contributed by atoms with E-state index in [2.05, 4.69) is 10.6 Å². The quantitative estimate of drug-likeness (QED) is 0.888. The van der Waals surface area contributed by atoms with Crippen LogP contribution in [-0.4, -0.2) is 18.5 Å². The summed E-state index contributed by atoms with van der Waals surface area (Å²) >= 11 is 11.9. The molecule has 1 fully saturated rings. The summed E-state index contributed by atoms with van der Waals surface area (Å²) in [5.74, 6) is -0.0337. The summed E-state index contributed by atoms with van der Waals surface area (Å²) < 4.78 is 0. The number of hydrogen-bond donors (Lipinski definition) is 2. The van der Waals surface area contributed by atoms with E-state index in [9.17, 15) is 4.79 Å². The Labute approximate surface area is 110 Å². The Kier molecular flexibility index (Phi) is 4.26. The lowest BCUT2D eigenvalue weighted by molar-refractivity contribution is -0.116. The average Bonchev–Trinajstić information content (AvgIpc) is 2.77. The molecule has 92 valence electrons. The zero-order valence-corrected chi connectivity index (χ0v) is 10.8. The molecular weight excluding hydrogens is 259 g/mol. The Bertz CT molecular complexity index is 417. The number of carbonyl (C=O) groups is 1. The van der Waals surface area contributed by atoms with Gasteiger partial charge < -0.3 is 10.6 Å². The van der Waals surface area contributed by atoms with Gasteiger partial charge in [-0.3, -0.25) is 4.79 Å². The van der Waals surface area contributed by atoms with Gasteiger partial charge >= 0.3 is 0 Å². The molecule has 0 spiro atoms. The van der Waals surface area contributed by atoms with Crippen LogP contribution in [0.2, 0.25) is 10.0 Å². The molecule has 1 amide bonds. The summed E-state index contributed by atoms with van der Waals surface area (Å²) in [5, 5.41) is 6.90. The Hall–Kier alpha value is -0.770. The van der Waals surface area contributed by atoms with Crippen LogP contribution in [0, 0.1) is 0 Å². The van der Waals surface area contributed by atoms with Crippen LogP contribution in [0.5, 0.6) is 0 Å². The molecule has 1 aromatic carbocycles. The average molecular weight is 273 g/mol. The van der Waals surface area contributed by atoms with Crippen LogP contribution < -0.4 is 10.6 Å². The maximum Gasteiger partial charge on any atom is 0.225 e. The summed E-state index contributed by atoms with van der Waals surface area (Å²) in [6.45, 7) is 0.996. The van der Waals surface area contributed by atoms with Crippen molar-refractivity contribution >= 4 is 34.8 Å². The maximum absolute atomic E-state index is 11.8. The molecule has 0 radical (unpaired) electrons. The molecule has 1 saturated heterocycles. The topological polar surface area (TPSA) is 41.1 Å². The van der Waals surface area contributed by atoms with Gasteiger partial charge in [0.25, 0.3) is 0 Å². The second-order valence-electron chi connectivity index (χ2n) is 4.15. The first-order valence-corrected chi connectivity index (χ1v) is 6.39. The molecule has 1 heterocycles. The monoisotopic (exact) mass is 272 g/mol. The molecule has 1 aliphatic heterocycles. The van der Waals surface area contributed by atoms with E-state index >= 15 is 0 Å². The summed E-state index contributed by atoms with van der Waals surface area (Å²) in [7, 11) is 0. The van der Waals surface area contributed by atoms with Crippen LogP contribution in [0.3, 0.4) is 0 Å². The van der Waals surface area contributed by atoms with Gasteiger partial charge in [-0.2, -0.15) is 0 Å². The third-order valence-corrected chi connectivity index (χ3v) is 3.64. The van der Waals surface area contributed by atoms with Gasteiger partial charge in [-0.1, -0.05) is 29.3 Å². The van der Waals surface area contributed by atoms with Crippen molar-refractivity contribution < 1.29 is 4.79 Å². The summed E-state index contributed by atoms with van der Waals surface area (Å²) in [5.41, 5.74) is 0.571. The lowest BCUT2D eigenvalue weighted by Crippen LogP contribution is -2.27. The Morgan fingerprint density at radius 3 is 3.00 bits per heavy atom. The molecule has 2 N–H and O–H groups in total. The van der Waals surface area contributed by atoms with Crippen molar-refractivity contribution in [1.29, 1.82) is 0 Å².